The summed E-state index contributed by atoms with van der Waals surface area (Å²) in [5.41, 5.74) is 24.4. The van der Waals surface area contributed by atoms with E-state index in [1.807, 2.05) is 0 Å². The van der Waals surface area contributed by atoms with Gasteiger partial charge < -0.3 is 85.9 Å². The van der Waals surface area contributed by atoms with Gasteiger partial charge in [0.15, 0.2) is 5.96 Å². The number of aliphatic hydroxyl groups is 1. The molecule has 1 aliphatic rings. The van der Waals surface area contributed by atoms with Crippen LogP contribution in [-0.2, 0) is 78.4 Å². The van der Waals surface area contributed by atoms with Gasteiger partial charge in [-0.2, -0.15) is 0 Å². The smallest absolute Gasteiger partial charge is 0.245 e. The third kappa shape index (κ3) is 26.6. The number of aliphatic imine (C=N–C) groups is 1. The van der Waals surface area contributed by atoms with Crippen molar-refractivity contribution in [3.63, 3.8) is 0 Å². The molecule has 10 atom stereocenters. The van der Waals surface area contributed by atoms with E-state index in [0.717, 1.165) is 0 Å². The molecule has 97 heavy (non-hydrogen) atoms. The van der Waals surface area contributed by atoms with E-state index < -0.39 is 132 Å². The van der Waals surface area contributed by atoms with E-state index >= 15 is 0 Å². The molecule has 3 aromatic carbocycles. The number of primary amides is 1. The Balaban J connectivity index is 1.41. The average Bonchev–Trinajstić information content (AvgIpc) is 1.77. The monoisotopic (exact) mass is 1380 g/mol. The van der Waals surface area contributed by atoms with Crippen molar-refractivity contribution >= 4 is 94.1 Å². The number of aliphatic hydroxyl groups excluding tert-OH is 1. The van der Waals surface area contributed by atoms with Crippen LogP contribution in [0, 0.1) is 5.92 Å². The van der Waals surface area contributed by atoms with E-state index in [-0.39, 0.29) is 101 Å². The zero-order chi connectivity index (χ0) is 71.3. The molecule has 0 unspecified atom stereocenters. The molecule has 11 amide bonds. The van der Waals surface area contributed by atoms with Crippen molar-refractivity contribution in [2.75, 3.05) is 26.2 Å². The minimum absolute atomic E-state index is 0.00239. The second-order valence-corrected chi connectivity index (χ2v) is 25.0. The molecular formula is C66H90Cl2N16O13. The Hall–Kier alpha value is -9.45. The number of nitrogens with zero attached hydrogens (tertiary/aromatic N) is 3. The number of hydrogen-bond acceptors (Lipinski definition) is 16. The van der Waals surface area contributed by atoms with E-state index in [2.05, 4.69) is 57.8 Å². The van der Waals surface area contributed by atoms with Crippen LogP contribution >= 0.6 is 23.2 Å². The number of guanidine groups is 1. The fraction of sp³-hybridized carbons (Fsp3) is 0.470. The van der Waals surface area contributed by atoms with Gasteiger partial charge >= 0.3 is 0 Å². The molecule has 0 saturated carbocycles. The number of hydrogen-bond donors (Lipinski definition) is 15. The van der Waals surface area contributed by atoms with Crippen molar-refractivity contribution in [2.24, 2.45) is 33.8 Å². The van der Waals surface area contributed by atoms with E-state index in [1.165, 1.54) is 55.4 Å². The predicted molar refractivity (Wildman–Crippen MR) is 362 cm³/mol. The Morgan fingerprint density at radius 2 is 1.01 bits per heavy atom. The van der Waals surface area contributed by atoms with Crippen LogP contribution in [0.2, 0.25) is 10.0 Å². The first-order valence-corrected chi connectivity index (χ1v) is 32.7. The summed E-state index contributed by atoms with van der Waals surface area (Å²) in [5, 5.41) is 45.7. The number of benzene rings is 3. The molecule has 526 valence electrons. The summed E-state index contributed by atoms with van der Waals surface area (Å²) in [7, 11) is 0. The minimum Gasteiger partial charge on any atom is -0.508 e. The number of pyridine rings is 1. The number of amides is 11. The first-order valence-electron chi connectivity index (χ1n) is 32.0. The standard InChI is InChI=1S/C66H90Cl2N16O13/c1-37(2)30-49(58(90)78-48(12-8-28-74-66(71)72)65(97)84-29-9-13-55(84)64(96)75-38(3)56(70)88)79-57(89)47(11-5-6-26-69)77-60(92)51(33-42-18-24-46(87)25-19-42)82-63(95)54(36-85)83-62(94)53(34-43-10-7-27-73-35-43)81-61(93)52(32-41-16-22-45(68)23-17-41)80-59(91)50(76-39(4)86)31-40-14-20-44(67)21-15-40/h7,10,14-25,27,35,37-38,47-55,85,87H,5-6,8-9,11-13,26,28-34,36,69H2,1-4H3,(H2,70,88)(H,75,96)(H,76,86)(H,77,92)(H,78,90)(H,79,89)(H,80,91)(H,81,93)(H,82,95)(H,83,94)(H4,71,72,74)/t38-,47-,48+,49+,50-,51+,52-,53-,54+,55+/m1/s1. The minimum atomic E-state index is -1.81. The van der Waals surface area contributed by atoms with Crippen molar-refractivity contribution in [3.8, 4) is 5.75 Å². The number of likely N-dealkylation sites (tertiary alicyclic amines) is 1. The molecule has 19 N–H and O–H groups in total. The van der Waals surface area contributed by atoms with E-state index in [1.54, 1.807) is 74.5 Å². The van der Waals surface area contributed by atoms with Gasteiger partial charge in [0.1, 0.15) is 66.2 Å². The molecule has 5 rings (SSSR count). The Labute approximate surface area is 572 Å². The van der Waals surface area contributed by atoms with Crippen molar-refractivity contribution < 1.29 is 63.0 Å². The summed E-state index contributed by atoms with van der Waals surface area (Å²) in [4.78, 5) is 163. The van der Waals surface area contributed by atoms with Gasteiger partial charge in [0.2, 0.25) is 65.0 Å². The Kier molecular flexibility index (Phi) is 31.9. The number of aromatic nitrogens is 1. The highest BCUT2D eigenvalue weighted by Crippen LogP contribution is 2.22. The summed E-state index contributed by atoms with van der Waals surface area (Å²) in [6.45, 7) is 5.59. The number of phenols is 1. The predicted octanol–water partition coefficient (Wildman–Crippen LogP) is -0.535. The van der Waals surface area contributed by atoms with E-state index in [0.29, 0.717) is 45.1 Å². The Morgan fingerprint density at radius 1 is 0.567 bits per heavy atom. The van der Waals surface area contributed by atoms with Crippen LogP contribution in [0.3, 0.4) is 0 Å². The second-order valence-electron chi connectivity index (χ2n) is 24.1. The fourth-order valence-electron chi connectivity index (χ4n) is 10.6. The zero-order valence-electron chi connectivity index (χ0n) is 54.7. The molecule has 29 nitrogen and oxygen atoms in total. The van der Waals surface area contributed by atoms with Crippen molar-refractivity contribution in [2.45, 2.75) is 165 Å². The lowest BCUT2D eigenvalue weighted by atomic mass is 10.00. The Bertz CT molecular complexity index is 3350. The summed E-state index contributed by atoms with van der Waals surface area (Å²) in [6, 6.07) is 8.32. The average molecular weight is 1390 g/mol. The van der Waals surface area contributed by atoms with Gasteiger partial charge in [0.05, 0.1) is 6.61 Å². The molecule has 1 aliphatic heterocycles. The van der Waals surface area contributed by atoms with E-state index in [4.69, 9.17) is 46.1 Å². The quantitative estimate of drug-likeness (QED) is 0.0152. The summed E-state index contributed by atoms with van der Waals surface area (Å²) >= 11 is 12.3. The number of aromatic hydroxyl groups is 1. The molecule has 1 saturated heterocycles. The van der Waals surface area contributed by atoms with Gasteiger partial charge in [-0.25, -0.2) is 0 Å². The topological polar surface area (TPSA) is 469 Å². The highest BCUT2D eigenvalue weighted by molar-refractivity contribution is 6.30. The number of unbranched alkanes of at least 4 members (excludes halogenated alkanes) is 1. The van der Waals surface area contributed by atoms with Crippen LogP contribution in [0.15, 0.2) is 102 Å². The van der Waals surface area contributed by atoms with Crippen molar-refractivity contribution in [1.82, 2.24) is 57.7 Å². The number of halogens is 2. The molecule has 0 radical (unpaired) electrons. The lowest BCUT2D eigenvalue weighted by molar-refractivity contribution is -0.142. The number of carbonyl (C=O) groups is 11. The molecule has 1 fully saturated rings. The van der Waals surface area contributed by atoms with Crippen LogP contribution in [0.1, 0.15) is 101 Å². The highest BCUT2D eigenvalue weighted by atomic mass is 35.5. The maximum atomic E-state index is 14.8. The van der Waals surface area contributed by atoms with Crippen LogP contribution in [0.25, 0.3) is 0 Å². The molecule has 2 heterocycles. The second kappa shape index (κ2) is 39.6. The molecule has 0 bridgehead atoms. The van der Waals surface area contributed by atoms with Crippen LogP contribution in [-0.4, -0.2) is 178 Å². The summed E-state index contributed by atoms with van der Waals surface area (Å²) in [6.07, 6.45) is 3.79. The van der Waals surface area contributed by atoms with Gasteiger partial charge in [0, 0.05) is 68.1 Å². The summed E-state index contributed by atoms with van der Waals surface area (Å²) in [5.74, 6) is -9.40. The first kappa shape index (κ1) is 78.2. The maximum absolute atomic E-state index is 14.8. The maximum Gasteiger partial charge on any atom is 0.245 e. The number of nitrogens with two attached hydrogens (primary N) is 4. The highest BCUT2D eigenvalue weighted by Gasteiger charge is 2.40. The zero-order valence-corrected chi connectivity index (χ0v) is 56.2. The van der Waals surface area contributed by atoms with E-state index in [9.17, 15) is 63.0 Å². The van der Waals surface area contributed by atoms with Crippen LogP contribution in [0.4, 0.5) is 0 Å². The number of nitrogens with one attached hydrogen (secondary N) is 9. The fourth-order valence-corrected chi connectivity index (χ4v) is 10.9. The van der Waals surface area contributed by atoms with Gasteiger partial charge in [0.25, 0.3) is 0 Å². The first-order chi connectivity index (χ1) is 46.1. The molecular weight excluding hydrogens is 1300 g/mol. The van der Waals surface area contributed by atoms with Gasteiger partial charge in [-0.05, 0) is 135 Å². The van der Waals surface area contributed by atoms with Crippen molar-refractivity contribution in [3.05, 3.63) is 130 Å². The lowest BCUT2D eigenvalue weighted by Crippen LogP contribution is -2.61. The number of phenolic OH excluding ortho intramolecular Hbond substituents is 1. The van der Waals surface area contributed by atoms with Gasteiger partial charge in [-0.15, -0.1) is 0 Å². The Morgan fingerprint density at radius 3 is 1.48 bits per heavy atom. The molecule has 1 aromatic heterocycles. The molecule has 4 aromatic rings. The lowest BCUT2D eigenvalue weighted by Gasteiger charge is -2.31. The van der Waals surface area contributed by atoms with Gasteiger partial charge in [-0.1, -0.05) is 79.5 Å². The van der Waals surface area contributed by atoms with Crippen LogP contribution in [0.5, 0.6) is 5.75 Å². The third-order valence-corrected chi connectivity index (χ3v) is 16.3. The number of carbonyl (C=O) groups excluding carboxylic acids is 11. The largest absolute Gasteiger partial charge is 0.508 e. The normalized spacial score (nSPS) is 15.4. The number of rotatable bonds is 38. The van der Waals surface area contributed by atoms with Crippen molar-refractivity contribution in [1.29, 1.82) is 0 Å². The molecule has 0 aliphatic carbocycles. The third-order valence-electron chi connectivity index (χ3n) is 15.8. The molecule has 0 spiro atoms. The van der Waals surface area contributed by atoms with Crippen LogP contribution < -0.4 is 70.8 Å². The molecule has 31 heteroatoms. The SMILES string of the molecule is CC(=O)N[C@H](Cc1ccc(Cl)cc1)C(=O)N[C@H](Cc1ccc(Cl)cc1)C(=O)N[C@H](Cc1cccnc1)C(=O)N[C@@H](CO)C(=O)N[C@@H](Cc1ccc(O)cc1)C(=O)N[C@H](CCCCN)C(=O)N[C@@H](CC(C)C)C(=O)N[C@@H](CCCN=C(N)N)C(=O)N1CCC[C@H]1C(=O)N[C@H](C)C(N)=O. The summed E-state index contributed by atoms with van der Waals surface area (Å²) < 4.78 is 0. The van der Waals surface area contributed by atoms with Gasteiger partial charge in [-0.3, -0.25) is 62.7 Å².